The summed E-state index contributed by atoms with van der Waals surface area (Å²) >= 11 is 0. The Bertz CT molecular complexity index is 573. The quantitative estimate of drug-likeness (QED) is 0.929. The van der Waals surface area contributed by atoms with Gasteiger partial charge in [0.1, 0.15) is 0 Å². The first-order valence-electron chi connectivity index (χ1n) is 7.75. The van der Waals surface area contributed by atoms with E-state index in [-0.39, 0.29) is 18.3 Å². The minimum atomic E-state index is -0.793. The Kier molecular flexibility index (Phi) is 5.46. The highest BCUT2D eigenvalue weighted by Gasteiger charge is 2.30. The Morgan fingerprint density at radius 3 is 2.59 bits per heavy atom. The zero-order valence-electron chi connectivity index (χ0n) is 12.6. The number of rotatable bonds is 3. The number of hydrogen-bond donors (Lipinski definition) is 1. The summed E-state index contributed by atoms with van der Waals surface area (Å²) in [6.07, 6.45) is 5.72. The summed E-state index contributed by atoms with van der Waals surface area (Å²) in [7, 11) is 0. The normalized spacial score (nSPS) is 20.2. The molecule has 1 amide bonds. The lowest BCUT2D eigenvalue weighted by molar-refractivity contribution is -0.141. The van der Waals surface area contributed by atoms with E-state index in [1.54, 1.807) is 4.90 Å². The molecule has 0 spiro atoms. The number of carbonyl (C=O) groups is 2. The summed E-state index contributed by atoms with van der Waals surface area (Å²) in [6.45, 7) is 0.930. The lowest BCUT2D eigenvalue weighted by atomic mass is 9.90. The van der Waals surface area contributed by atoms with Crippen molar-refractivity contribution in [3.05, 3.63) is 34.9 Å². The van der Waals surface area contributed by atoms with Crippen molar-refractivity contribution >= 4 is 24.3 Å². The average molecular weight is 324 g/mol. The van der Waals surface area contributed by atoms with Crippen LogP contribution in [0.5, 0.6) is 0 Å². The third-order valence-corrected chi connectivity index (χ3v) is 4.66. The lowest BCUT2D eigenvalue weighted by Crippen LogP contribution is -2.31. The molecule has 1 aliphatic carbocycles. The van der Waals surface area contributed by atoms with Gasteiger partial charge in [0.15, 0.2) is 0 Å². The SMILES string of the molecule is Cl.O=C(O)C1CCN(C(=O)Cc2ccc3c(c2)CCCC3)C1. The van der Waals surface area contributed by atoms with E-state index in [0.29, 0.717) is 25.9 Å². The molecule has 1 unspecified atom stereocenters. The van der Waals surface area contributed by atoms with Gasteiger partial charge in [0.2, 0.25) is 5.91 Å². The fourth-order valence-electron chi connectivity index (χ4n) is 3.37. The summed E-state index contributed by atoms with van der Waals surface area (Å²) in [5.74, 6) is -1.13. The van der Waals surface area contributed by atoms with Crippen LogP contribution in [0.1, 0.15) is 36.0 Å². The van der Waals surface area contributed by atoms with E-state index >= 15 is 0 Å². The van der Waals surface area contributed by atoms with Crippen molar-refractivity contribution in [2.45, 2.75) is 38.5 Å². The van der Waals surface area contributed by atoms with Crippen molar-refractivity contribution in [1.29, 1.82) is 0 Å². The van der Waals surface area contributed by atoms with Crippen LogP contribution in [0.2, 0.25) is 0 Å². The van der Waals surface area contributed by atoms with Crippen LogP contribution in [-0.2, 0) is 28.9 Å². The zero-order valence-corrected chi connectivity index (χ0v) is 13.4. The zero-order chi connectivity index (χ0) is 14.8. The lowest BCUT2D eigenvalue weighted by Gasteiger charge is -2.18. The summed E-state index contributed by atoms with van der Waals surface area (Å²) in [5.41, 5.74) is 3.86. The number of likely N-dealkylation sites (tertiary alicyclic amines) is 1. The van der Waals surface area contributed by atoms with Gasteiger partial charge in [-0.2, -0.15) is 0 Å². The number of aryl methyl sites for hydroxylation is 2. The Morgan fingerprint density at radius 1 is 1.18 bits per heavy atom. The summed E-state index contributed by atoms with van der Waals surface area (Å²) < 4.78 is 0. The molecular weight excluding hydrogens is 302 g/mol. The van der Waals surface area contributed by atoms with E-state index in [0.717, 1.165) is 18.4 Å². The molecule has 0 saturated carbocycles. The third kappa shape index (κ3) is 3.61. The first kappa shape index (κ1) is 16.8. The predicted octanol–water partition coefficient (Wildman–Crippen LogP) is 2.46. The molecule has 0 bridgehead atoms. The van der Waals surface area contributed by atoms with E-state index in [4.69, 9.17) is 5.11 Å². The fourth-order valence-corrected chi connectivity index (χ4v) is 3.37. The van der Waals surface area contributed by atoms with Crippen LogP contribution in [0.15, 0.2) is 18.2 Å². The van der Waals surface area contributed by atoms with Crippen LogP contribution < -0.4 is 0 Å². The molecule has 1 heterocycles. The van der Waals surface area contributed by atoms with Crippen molar-refractivity contribution in [3.63, 3.8) is 0 Å². The van der Waals surface area contributed by atoms with E-state index in [1.807, 2.05) is 6.07 Å². The van der Waals surface area contributed by atoms with Gasteiger partial charge in [-0.3, -0.25) is 9.59 Å². The van der Waals surface area contributed by atoms with Gasteiger partial charge in [0.25, 0.3) is 0 Å². The molecule has 22 heavy (non-hydrogen) atoms. The summed E-state index contributed by atoms with van der Waals surface area (Å²) in [5, 5.41) is 9.00. The second-order valence-electron chi connectivity index (χ2n) is 6.15. The molecule has 2 aliphatic rings. The first-order valence-corrected chi connectivity index (χ1v) is 7.75. The average Bonchev–Trinajstić information content (AvgIpc) is 2.97. The molecule has 1 aliphatic heterocycles. The van der Waals surface area contributed by atoms with Gasteiger partial charge in [-0.1, -0.05) is 18.2 Å². The van der Waals surface area contributed by atoms with E-state index in [1.165, 1.54) is 24.0 Å². The monoisotopic (exact) mass is 323 g/mol. The van der Waals surface area contributed by atoms with Gasteiger partial charge in [-0.25, -0.2) is 0 Å². The fraction of sp³-hybridized carbons (Fsp3) is 0.529. The smallest absolute Gasteiger partial charge is 0.308 e. The minimum Gasteiger partial charge on any atom is -0.481 e. The molecule has 1 N–H and O–H groups in total. The third-order valence-electron chi connectivity index (χ3n) is 4.66. The van der Waals surface area contributed by atoms with Gasteiger partial charge >= 0.3 is 5.97 Å². The van der Waals surface area contributed by atoms with Gasteiger partial charge in [-0.15, -0.1) is 12.4 Å². The summed E-state index contributed by atoms with van der Waals surface area (Å²) in [6, 6.07) is 6.37. The Hall–Kier alpha value is -1.55. The van der Waals surface area contributed by atoms with E-state index < -0.39 is 11.9 Å². The van der Waals surface area contributed by atoms with Crippen molar-refractivity contribution in [3.8, 4) is 0 Å². The number of benzene rings is 1. The number of aliphatic carboxylic acids is 1. The maximum Gasteiger partial charge on any atom is 0.308 e. The number of amides is 1. The molecule has 5 heteroatoms. The molecular formula is C17H22ClNO3. The largest absolute Gasteiger partial charge is 0.481 e. The maximum atomic E-state index is 12.3. The highest BCUT2D eigenvalue weighted by Crippen LogP contribution is 2.23. The van der Waals surface area contributed by atoms with Crippen molar-refractivity contribution in [1.82, 2.24) is 4.90 Å². The molecule has 1 aromatic carbocycles. The molecule has 0 radical (unpaired) electrons. The van der Waals surface area contributed by atoms with Gasteiger partial charge in [0.05, 0.1) is 12.3 Å². The van der Waals surface area contributed by atoms with Crippen LogP contribution >= 0.6 is 12.4 Å². The number of nitrogens with zero attached hydrogens (tertiary/aromatic N) is 1. The number of carbonyl (C=O) groups excluding carboxylic acids is 1. The highest BCUT2D eigenvalue weighted by molar-refractivity contribution is 5.85. The van der Waals surface area contributed by atoms with Gasteiger partial charge in [0, 0.05) is 13.1 Å². The second-order valence-corrected chi connectivity index (χ2v) is 6.15. The number of hydrogen-bond acceptors (Lipinski definition) is 2. The van der Waals surface area contributed by atoms with E-state index in [9.17, 15) is 9.59 Å². The first-order chi connectivity index (χ1) is 10.1. The van der Waals surface area contributed by atoms with E-state index in [2.05, 4.69) is 12.1 Å². The van der Waals surface area contributed by atoms with Crippen LogP contribution in [0.4, 0.5) is 0 Å². The number of halogens is 1. The molecule has 1 saturated heterocycles. The molecule has 120 valence electrons. The van der Waals surface area contributed by atoms with Crippen LogP contribution in [0, 0.1) is 5.92 Å². The highest BCUT2D eigenvalue weighted by atomic mass is 35.5. The summed E-state index contributed by atoms with van der Waals surface area (Å²) in [4.78, 5) is 24.9. The van der Waals surface area contributed by atoms with Crippen LogP contribution in [-0.4, -0.2) is 35.0 Å². The second kappa shape index (κ2) is 7.14. The van der Waals surface area contributed by atoms with Gasteiger partial charge in [-0.05, 0) is 48.8 Å². The predicted molar refractivity (Wildman–Crippen MR) is 86.4 cm³/mol. The number of fused-ring (bicyclic) bond motifs is 1. The molecule has 1 fully saturated rings. The molecule has 0 aromatic heterocycles. The van der Waals surface area contributed by atoms with Crippen LogP contribution in [0.3, 0.4) is 0 Å². The maximum absolute atomic E-state index is 12.3. The van der Waals surface area contributed by atoms with Crippen molar-refractivity contribution in [2.24, 2.45) is 5.92 Å². The number of carboxylic acid groups (broad SMARTS) is 1. The van der Waals surface area contributed by atoms with Crippen molar-refractivity contribution in [2.75, 3.05) is 13.1 Å². The molecule has 1 atom stereocenters. The Balaban J connectivity index is 0.00000176. The molecule has 4 nitrogen and oxygen atoms in total. The van der Waals surface area contributed by atoms with Crippen molar-refractivity contribution < 1.29 is 14.7 Å². The molecule has 1 aromatic rings. The molecule has 3 rings (SSSR count). The minimum absolute atomic E-state index is 0. The standard InChI is InChI=1S/C17H21NO3.ClH/c19-16(18-8-7-15(11-18)17(20)21)10-12-5-6-13-3-1-2-4-14(13)9-12;/h5-6,9,15H,1-4,7-8,10-11H2,(H,20,21);1H. The Morgan fingerprint density at radius 2 is 1.91 bits per heavy atom. The van der Waals surface area contributed by atoms with Gasteiger partial charge < -0.3 is 10.0 Å². The van der Waals surface area contributed by atoms with Crippen LogP contribution in [0.25, 0.3) is 0 Å². The Labute approximate surface area is 136 Å². The topological polar surface area (TPSA) is 57.6 Å². The number of carboxylic acids is 1.